The first-order valence-electron chi connectivity index (χ1n) is 9.34. The van der Waals surface area contributed by atoms with Gasteiger partial charge in [0.15, 0.2) is 17.5 Å². The number of amides is 2. The maximum atomic E-state index is 14.6. The highest BCUT2D eigenvalue weighted by Crippen LogP contribution is 2.48. The van der Waals surface area contributed by atoms with Gasteiger partial charge in [-0.3, -0.25) is 4.98 Å². The van der Waals surface area contributed by atoms with Crippen LogP contribution in [0.4, 0.5) is 35.0 Å². The number of benzene rings is 2. The summed E-state index contributed by atoms with van der Waals surface area (Å²) in [5.41, 5.74) is 0.324. The minimum Gasteiger partial charge on any atom is -0.367 e. The number of halogens is 3. The van der Waals surface area contributed by atoms with E-state index < -0.39 is 23.5 Å². The predicted octanol–water partition coefficient (Wildman–Crippen LogP) is 4.75. The number of rotatable bonds is 3. The van der Waals surface area contributed by atoms with Gasteiger partial charge in [0.1, 0.15) is 5.69 Å². The predicted molar refractivity (Wildman–Crippen MR) is 105 cm³/mol. The monoisotopic (exact) mass is 398 g/mol. The molecule has 2 aromatic carbocycles. The zero-order chi connectivity index (χ0) is 20.1. The molecule has 2 heterocycles. The van der Waals surface area contributed by atoms with E-state index in [1.165, 1.54) is 0 Å². The summed E-state index contributed by atoms with van der Waals surface area (Å²) >= 11 is 0. The van der Waals surface area contributed by atoms with Crippen molar-refractivity contribution >= 4 is 33.9 Å². The molecule has 2 N–H and O–H groups in total. The molecule has 5 rings (SSSR count). The highest BCUT2D eigenvalue weighted by Gasteiger charge is 2.46. The number of hydrogen-bond donors (Lipinski definition) is 2. The first-order valence-corrected chi connectivity index (χ1v) is 9.34. The average molecular weight is 398 g/mol. The fraction of sp³-hybridized carbons (Fsp3) is 0.238. The summed E-state index contributed by atoms with van der Waals surface area (Å²) in [7, 11) is 0. The summed E-state index contributed by atoms with van der Waals surface area (Å²) in [4.78, 5) is 18.3. The lowest BCUT2D eigenvalue weighted by atomic mass is 10.1. The minimum absolute atomic E-state index is 0.0953. The van der Waals surface area contributed by atoms with Crippen molar-refractivity contribution in [1.82, 2.24) is 4.98 Å². The van der Waals surface area contributed by atoms with Gasteiger partial charge < -0.3 is 15.5 Å². The molecule has 1 saturated heterocycles. The molecule has 29 heavy (non-hydrogen) atoms. The van der Waals surface area contributed by atoms with E-state index in [-0.39, 0.29) is 11.4 Å². The van der Waals surface area contributed by atoms with Gasteiger partial charge in [0.2, 0.25) is 0 Å². The SMILES string of the molecule is O=C(Nc1cc(F)c(F)c(F)c1N1CC2CC2C1)Nc1cccc2cnccc12. The van der Waals surface area contributed by atoms with Crippen LogP contribution in [0.25, 0.3) is 10.8 Å². The Hall–Kier alpha value is -3.29. The van der Waals surface area contributed by atoms with Gasteiger partial charge in [-0.1, -0.05) is 12.1 Å². The zero-order valence-corrected chi connectivity index (χ0v) is 15.3. The highest BCUT2D eigenvalue weighted by atomic mass is 19.2. The molecule has 2 amide bonds. The second-order valence-electron chi connectivity index (χ2n) is 7.52. The Morgan fingerprint density at radius 1 is 1.03 bits per heavy atom. The van der Waals surface area contributed by atoms with E-state index in [0.717, 1.165) is 23.3 Å². The maximum absolute atomic E-state index is 14.6. The fourth-order valence-corrected chi connectivity index (χ4v) is 4.08. The molecule has 8 heteroatoms. The lowest BCUT2D eigenvalue weighted by molar-refractivity contribution is 0.262. The average Bonchev–Trinajstić information content (AvgIpc) is 3.32. The molecule has 1 aromatic heterocycles. The summed E-state index contributed by atoms with van der Waals surface area (Å²) in [6, 6.07) is 7.23. The molecule has 2 aliphatic rings. The molecule has 1 aliphatic carbocycles. The van der Waals surface area contributed by atoms with Crippen molar-refractivity contribution in [3.63, 3.8) is 0 Å². The number of pyridine rings is 1. The van der Waals surface area contributed by atoms with Crippen molar-refractivity contribution in [2.24, 2.45) is 11.8 Å². The zero-order valence-electron chi connectivity index (χ0n) is 15.3. The molecule has 1 saturated carbocycles. The summed E-state index contributed by atoms with van der Waals surface area (Å²) < 4.78 is 42.3. The van der Waals surface area contributed by atoms with Crippen LogP contribution in [0.1, 0.15) is 6.42 Å². The Labute approximate surface area is 164 Å². The van der Waals surface area contributed by atoms with Crippen LogP contribution in [0.15, 0.2) is 42.7 Å². The number of carbonyl (C=O) groups excluding carboxylic acids is 1. The number of nitrogens with zero attached hydrogens (tertiary/aromatic N) is 2. The largest absolute Gasteiger partial charge is 0.367 e. The molecule has 2 fully saturated rings. The smallest absolute Gasteiger partial charge is 0.323 e. The van der Waals surface area contributed by atoms with Crippen molar-refractivity contribution < 1.29 is 18.0 Å². The number of fused-ring (bicyclic) bond motifs is 2. The number of carbonyl (C=O) groups is 1. The van der Waals surface area contributed by atoms with Crippen molar-refractivity contribution in [2.45, 2.75) is 6.42 Å². The van der Waals surface area contributed by atoms with Gasteiger partial charge in [0.05, 0.1) is 11.4 Å². The molecule has 2 unspecified atom stereocenters. The molecule has 1 aliphatic heterocycles. The molecule has 2 atom stereocenters. The number of piperidine rings is 1. The van der Waals surface area contributed by atoms with Crippen LogP contribution in [0.2, 0.25) is 0 Å². The van der Waals surface area contributed by atoms with Gasteiger partial charge in [-0.25, -0.2) is 18.0 Å². The van der Waals surface area contributed by atoms with Crippen molar-refractivity contribution in [3.05, 3.63) is 60.2 Å². The summed E-state index contributed by atoms with van der Waals surface area (Å²) in [5, 5.41) is 6.78. The van der Waals surface area contributed by atoms with E-state index in [1.54, 1.807) is 35.5 Å². The molecular formula is C21H17F3N4O. The molecule has 0 spiro atoms. The van der Waals surface area contributed by atoms with E-state index in [1.807, 2.05) is 6.07 Å². The van der Waals surface area contributed by atoms with Crippen LogP contribution in [0, 0.1) is 29.3 Å². The molecular weight excluding hydrogens is 381 g/mol. The number of nitrogens with one attached hydrogen (secondary N) is 2. The van der Waals surface area contributed by atoms with Gasteiger partial charge in [0.25, 0.3) is 0 Å². The van der Waals surface area contributed by atoms with Crippen LogP contribution in [-0.4, -0.2) is 24.1 Å². The number of anilines is 3. The third kappa shape index (κ3) is 3.14. The van der Waals surface area contributed by atoms with E-state index in [2.05, 4.69) is 15.6 Å². The van der Waals surface area contributed by atoms with Crippen LogP contribution in [0.3, 0.4) is 0 Å². The van der Waals surface area contributed by atoms with Crippen molar-refractivity contribution in [1.29, 1.82) is 0 Å². The lowest BCUT2D eigenvalue weighted by Gasteiger charge is -2.24. The first-order chi connectivity index (χ1) is 14.0. The Bertz CT molecular complexity index is 1120. The van der Waals surface area contributed by atoms with Gasteiger partial charge in [-0.15, -0.1) is 0 Å². The minimum atomic E-state index is -1.53. The quantitative estimate of drug-likeness (QED) is 0.626. The maximum Gasteiger partial charge on any atom is 0.323 e. The molecule has 0 bridgehead atoms. The van der Waals surface area contributed by atoms with E-state index in [0.29, 0.717) is 30.6 Å². The van der Waals surface area contributed by atoms with Gasteiger partial charge in [0, 0.05) is 42.3 Å². The molecule has 5 nitrogen and oxygen atoms in total. The summed E-state index contributed by atoms with van der Waals surface area (Å²) in [6.07, 6.45) is 4.34. The topological polar surface area (TPSA) is 57.3 Å². The normalized spacial score (nSPS) is 19.9. The number of hydrogen-bond acceptors (Lipinski definition) is 3. The van der Waals surface area contributed by atoms with E-state index >= 15 is 0 Å². The number of aromatic nitrogens is 1. The van der Waals surface area contributed by atoms with Crippen LogP contribution < -0.4 is 15.5 Å². The first kappa shape index (κ1) is 17.8. The summed E-state index contributed by atoms with van der Waals surface area (Å²) in [6.45, 7) is 1.14. The van der Waals surface area contributed by atoms with Crippen LogP contribution >= 0.6 is 0 Å². The molecule has 148 valence electrons. The second kappa shape index (κ2) is 6.65. The third-order valence-corrected chi connectivity index (χ3v) is 5.61. The Kier molecular flexibility index (Phi) is 4.08. The van der Waals surface area contributed by atoms with Gasteiger partial charge >= 0.3 is 6.03 Å². The highest BCUT2D eigenvalue weighted by molar-refractivity contribution is 6.07. The fourth-order valence-electron chi connectivity index (χ4n) is 4.08. The van der Waals surface area contributed by atoms with E-state index in [9.17, 15) is 18.0 Å². The standard InChI is InChI=1S/C21H17F3N4O/c22-15-7-17(20(19(24)18(15)23)28-9-12-6-13(12)10-28)27-21(29)26-16-3-1-2-11-8-25-5-4-14(11)16/h1-5,7-8,12-13H,6,9-10H2,(H2,26,27,29). The number of urea groups is 1. The van der Waals surface area contributed by atoms with Crippen molar-refractivity contribution in [3.8, 4) is 0 Å². The molecule has 0 radical (unpaired) electrons. The van der Waals surface area contributed by atoms with Gasteiger partial charge in [-0.05, 0) is 30.4 Å². The second-order valence-corrected chi connectivity index (χ2v) is 7.52. The van der Waals surface area contributed by atoms with Crippen molar-refractivity contribution in [2.75, 3.05) is 28.6 Å². The summed E-state index contributed by atoms with van der Waals surface area (Å²) in [5.74, 6) is -3.25. The Balaban J connectivity index is 1.44. The molecule has 3 aromatic rings. The Morgan fingerprint density at radius 2 is 1.79 bits per heavy atom. The van der Waals surface area contributed by atoms with Crippen LogP contribution in [-0.2, 0) is 0 Å². The van der Waals surface area contributed by atoms with Gasteiger partial charge in [-0.2, -0.15) is 0 Å². The lowest BCUT2D eigenvalue weighted by Crippen LogP contribution is -2.27. The van der Waals surface area contributed by atoms with E-state index in [4.69, 9.17) is 0 Å². The van der Waals surface area contributed by atoms with Crippen LogP contribution in [0.5, 0.6) is 0 Å². The Morgan fingerprint density at radius 3 is 2.59 bits per heavy atom. The third-order valence-electron chi connectivity index (χ3n) is 5.61.